The Morgan fingerprint density at radius 2 is 1.88 bits per heavy atom. The fraction of sp³-hybridized carbons (Fsp3) is 0.350. The van der Waals surface area contributed by atoms with Crippen LogP contribution in [0.3, 0.4) is 0 Å². The second kappa shape index (κ2) is 8.77. The summed E-state index contributed by atoms with van der Waals surface area (Å²) in [6.07, 6.45) is 0. The Morgan fingerprint density at radius 3 is 2.56 bits per heavy atom. The molecule has 0 heterocycles. The van der Waals surface area contributed by atoms with E-state index in [1.54, 1.807) is 12.1 Å². The van der Waals surface area contributed by atoms with Crippen LogP contribution in [-0.2, 0) is 5.41 Å². The second-order valence-corrected chi connectivity index (χ2v) is 6.96. The van der Waals surface area contributed by atoms with E-state index in [9.17, 15) is 4.79 Å². The molecule has 0 aromatic heterocycles. The predicted octanol–water partition coefficient (Wildman–Crippen LogP) is 4.11. The molecular formula is C20H27ClN2O2. The molecule has 0 bridgehead atoms. The van der Waals surface area contributed by atoms with E-state index in [4.69, 9.17) is 10.5 Å². The van der Waals surface area contributed by atoms with E-state index in [0.717, 1.165) is 11.3 Å². The van der Waals surface area contributed by atoms with Gasteiger partial charge in [0.1, 0.15) is 12.4 Å². The number of hydrogen-bond donors (Lipinski definition) is 2. The van der Waals surface area contributed by atoms with Gasteiger partial charge in [-0.3, -0.25) is 4.79 Å². The van der Waals surface area contributed by atoms with Crippen molar-refractivity contribution in [1.29, 1.82) is 0 Å². The molecule has 0 radical (unpaired) electrons. The van der Waals surface area contributed by atoms with Crippen LogP contribution < -0.4 is 15.8 Å². The second-order valence-electron chi connectivity index (χ2n) is 6.96. The van der Waals surface area contributed by atoms with Crippen molar-refractivity contribution in [2.45, 2.75) is 33.1 Å². The lowest BCUT2D eigenvalue weighted by Gasteiger charge is -2.19. The topological polar surface area (TPSA) is 64.4 Å². The molecule has 0 fully saturated rings. The molecule has 0 saturated carbocycles. The number of nitrogens with two attached hydrogens (primary N) is 1. The highest BCUT2D eigenvalue weighted by Crippen LogP contribution is 2.25. The first-order valence-corrected chi connectivity index (χ1v) is 8.15. The van der Waals surface area contributed by atoms with Crippen molar-refractivity contribution in [3.63, 3.8) is 0 Å². The molecule has 0 saturated heterocycles. The molecule has 2 aromatic carbocycles. The monoisotopic (exact) mass is 362 g/mol. The van der Waals surface area contributed by atoms with Gasteiger partial charge in [-0.25, -0.2) is 0 Å². The molecule has 0 spiro atoms. The van der Waals surface area contributed by atoms with Gasteiger partial charge in [0.2, 0.25) is 0 Å². The Hall–Kier alpha value is -2.20. The van der Waals surface area contributed by atoms with Crippen LogP contribution in [0, 0.1) is 6.92 Å². The summed E-state index contributed by atoms with van der Waals surface area (Å²) in [4.78, 5) is 12.2. The number of amides is 1. The summed E-state index contributed by atoms with van der Waals surface area (Å²) < 4.78 is 5.74. The third kappa shape index (κ3) is 5.98. The minimum atomic E-state index is -0.133. The number of carbonyl (C=O) groups excluding carboxylic acids is 1. The first kappa shape index (κ1) is 20.8. The van der Waals surface area contributed by atoms with E-state index in [1.807, 2.05) is 31.2 Å². The highest BCUT2D eigenvalue weighted by Gasteiger charge is 2.14. The molecule has 0 atom stereocenters. The summed E-state index contributed by atoms with van der Waals surface area (Å²) >= 11 is 0. The van der Waals surface area contributed by atoms with Crippen LogP contribution in [0.15, 0.2) is 42.5 Å². The number of halogens is 1. The van der Waals surface area contributed by atoms with Gasteiger partial charge < -0.3 is 15.8 Å². The Bertz CT molecular complexity index is 724. The van der Waals surface area contributed by atoms with E-state index in [2.05, 4.69) is 32.2 Å². The molecule has 0 aliphatic rings. The number of hydrogen-bond acceptors (Lipinski definition) is 3. The largest absolute Gasteiger partial charge is 0.492 e. The molecule has 5 heteroatoms. The maximum atomic E-state index is 12.2. The van der Waals surface area contributed by atoms with E-state index in [-0.39, 0.29) is 23.7 Å². The van der Waals surface area contributed by atoms with Gasteiger partial charge >= 0.3 is 0 Å². The molecule has 136 valence electrons. The number of ether oxygens (including phenoxy) is 1. The Morgan fingerprint density at radius 1 is 1.16 bits per heavy atom. The van der Waals surface area contributed by atoms with E-state index in [1.165, 1.54) is 5.56 Å². The average molecular weight is 363 g/mol. The van der Waals surface area contributed by atoms with Crippen molar-refractivity contribution in [2.24, 2.45) is 0 Å². The van der Waals surface area contributed by atoms with Crippen LogP contribution in [0.2, 0.25) is 0 Å². The summed E-state index contributed by atoms with van der Waals surface area (Å²) in [6, 6.07) is 13.4. The van der Waals surface area contributed by atoms with Gasteiger partial charge in [-0.05, 0) is 47.7 Å². The first-order valence-electron chi connectivity index (χ1n) is 8.15. The number of carbonyl (C=O) groups is 1. The van der Waals surface area contributed by atoms with Gasteiger partial charge in [-0.2, -0.15) is 0 Å². The fourth-order valence-electron chi connectivity index (χ4n) is 2.37. The zero-order valence-electron chi connectivity index (χ0n) is 15.3. The van der Waals surface area contributed by atoms with Crippen molar-refractivity contribution in [1.82, 2.24) is 5.32 Å². The van der Waals surface area contributed by atoms with Gasteiger partial charge in [-0.15, -0.1) is 12.4 Å². The smallest absolute Gasteiger partial charge is 0.251 e. The standard InChI is InChI=1S/C20H26N2O2.ClH/c1-14-8-9-16(21)13-18(14)19(23)22-10-11-24-17-7-5-6-15(12-17)20(2,3)4;/h5-9,12-13H,10-11,21H2,1-4H3,(H,22,23);1H. The molecule has 25 heavy (non-hydrogen) atoms. The molecule has 0 aliphatic heterocycles. The highest BCUT2D eigenvalue weighted by atomic mass is 35.5. The Balaban J connectivity index is 0.00000312. The van der Waals surface area contributed by atoms with Crippen molar-refractivity contribution in [2.75, 3.05) is 18.9 Å². The highest BCUT2D eigenvalue weighted by molar-refractivity contribution is 5.96. The van der Waals surface area contributed by atoms with Crippen molar-refractivity contribution in [3.8, 4) is 5.75 Å². The summed E-state index contributed by atoms with van der Waals surface area (Å²) in [5, 5.41) is 2.86. The van der Waals surface area contributed by atoms with E-state index < -0.39 is 0 Å². The quantitative estimate of drug-likeness (QED) is 0.621. The fourth-order valence-corrected chi connectivity index (χ4v) is 2.37. The third-order valence-electron chi connectivity index (χ3n) is 3.86. The lowest BCUT2D eigenvalue weighted by molar-refractivity contribution is 0.0946. The van der Waals surface area contributed by atoms with Gasteiger partial charge in [0, 0.05) is 11.3 Å². The maximum absolute atomic E-state index is 12.2. The lowest BCUT2D eigenvalue weighted by Crippen LogP contribution is -2.28. The summed E-state index contributed by atoms with van der Waals surface area (Å²) in [6.45, 7) is 9.25. The SMILES string of the molecule is Cc1ccc(N)cc1C(=O)NCCOc1cccc(C(C)(C)C)c1.Cl. The molecule has 3 N–H and O–H groups in total. The molecule has 4 nitrogen and oxygen atoms in total. The van der Waals surface area contributed by atoms with Crippen LogP contribution >= 0.6 is 12.4 Å². The molecular weight excluding hydrogens is 336 g/mol. The maximum Gasteiger partial charge on any atom is 0.251 e. The summed E-state index contributed by atoms with van der Waals surface area (Å²) in [5.41, 5.74) is 9.13. The Kier molecular flexibility index (Phi) is 7.31. The zero-order valence-corrected chi connectivity index (χ0v) is 16.1. The summed E-state index contributed by atoms with van der Waals surface area (Å²) in [5.74, 6) is 0.684. The predicted molar refractivity (Wildman–Crippen MR) is 106 cm³/mol. The normalized spacial score (nSPS) is 10.7. The third-order valence-corrected chi connectivity index (χ3v) is 3.86. The molecule has 0 aliphatic carbocycles. The lowest BCUT2D eigenvalue weighted by atomic mass is 9.87. The number of nitrogen functional groups attached to an aromatic ring is 1. The van der Waals surface area contributed by atoms with Crippen molar-refractivity contribution in [3.05, 3.63) is 59.2 Å². The van der Waals surface area contributed by atoms with E-state index >= 15 is 0 Å². The molecule has 1 amide bonds. The number of nitrogens with one attached hydrogen (secondary N) is 1. The first-order chi connectivity index (χ1) is 11.3. The zero-order chi connectivity index (χ0) is 17.7. The van der Waals surface area contributed by atoms with Crippen LogP contribution in [0.4, 0.5) is 5.69 Å². The van der Waals surface area contributed by atoms with Gasteiger partial charge in [-0.1, -0.05) is 39.0 Å². The Labute approximate surface area is 156 Å². The van der Waals surface area contributed by atoms with Crippen LogP contribution in [-0.4, -0.2) is 19.1 Å². The average Bonchev–Trinajstić information content (AvgIpc) is 2.53. The van der Waals surface area contributed by atoms with Crippen LogP contribution in [0.1, 0.15) is 42.3 Å². The molecule has 2 rings (SSSR count). The van der Waals surface area contributed by atoms with Crippen LogP contribution in [0.5, 0.6) is 5.75 Å². The molecule has 2 aromatic rings. The number of benzene rings is 2. The van der Waals surface area contributed by atoms with Gasteiger partial charge in [0.15, 0.2) is 0 Å². The minimum Gasteiger partial charge on any atom is -0.492 e. The number of anilines is 1. The van der Waals surface area contributed by atoms with Crippen molar-refractivity contribution < 1.29 is 9.53 Å². The minimum absolute atomic E-state index is 0. The van der Waals surface area contributed by atoms with E-state index in [0.29, 0.717) is 24.4 Å². The summed E-state index contributed by atoms with van der Waals surface area (Å²) in [7, 11) is 0. The number of rotatable bonds is 5. The number of aryl methyl sites for hydroxylation is 1. The molecule has 0 unspecified atom stereocenters. The van der Waals surface area contributed by atoms with Gasteiger partial charge in [0.05, 0.1) is 6.54 Å². The van der Waals surface area contributed by atoms with Crippen molar-refractivity contribution >= 4 is 24.0 Å². The van der Waals surface area contributed by atoms with Crippen LogP contribution in [0.25, 0.3) is 0 Å². The van der Waals surface area contributed by atoms with Gasteiger partial charge in [0.25, 0.3) is 5.91 Å².